The average Bonchev–Trinajstić information content (AvgIpc) is 2.25. The van der Waals surface area contributed by atoms with Crippen molar-refractivity contribution < 1.29 is 4.79 Å². The number of carbonyl (C=O) groups excluding carboxylic acids is 1. The molecular weight excluding hydrogens is 188 g/mol. The molecule has 1 fully saturated rings. The first-order chi connectivity index (χ1) is 7.17. The van der Waals surface area contributed by atoms with E-state index in [4.69, 9.17) is 0 Å². The fourth-order valence-electron chi connectivity index (χ4n) is 2.17. The summed E-state index contributed by atoms with van der Waals surface area (Å²) in [7, 11) is 0. The molecule has 1 heterocycles. The van der Waals surface area contributed by atoms with E-state index in [2.05, 4.69) is 31.4 Å². The standard InChI is InChI=1S/C12H24N2O/c1-4-11(5-2)14-12(15)10-6-9(3)7-13-8-10/h9-11,13H,4-8H2,1-3H3,(H,14,15). The Kier molecular flexibility index (Phi) is 5.09. The van der Waals surface area contributed by atoms with E-state index in [9.17, 15) is 4.79 Å². The highest BCUT2D eigenvalue weighted by molar-refractivity contribution is 5.79. The molecular formula is C12H24N2O. The molecule has 1 aliphatic rings. The van der Waals surface area contributed by atoms with Crippen molar-refractivity contribution in [1.29, 1.82) is 0 Å². The first-order valence-corrected chi connectivity index (χ1v) is 6.18. The number of piperidine rings is 1. The van der Waals surface area contributed by atoms with Crippen LogP contribution in [0.25, 0.3) is 0 Å². The first kappa shape index (κ1) is 12.5. The van der Waals surface area contributed by atoms with Crippen LogP contribution >= 0.6 is 0 Å². The molecule has 3 nitrogen and oxygen atoms in total. The van der Waals surface area contributed by atoms with Crippen molar-refractivity contribution >= 4 is 5.91 Å². The maximum absolute atomic E-state index is 11.9. The number of rotatable bonds is 4. The number of carbonyl (C=O) groups is 1. The summed E-state index contributed by atoms with van der Waals surface area (Å²) in [6.45, 7) is 8.33. The lowest BCUT2D eigenvalue weighted by atomic mass is 9.91. The molecule has 1 saturated heterocycles. The molecule has 3 heteroatoms. The van der Waals surface area contributed by atoms with Crippen molar-refractivity contribution in [3.05, 3.63) is 0 Å². The second kappa shape index (κ2) is 6.11. The molecule has 2 atom stereocenters. The van der Waals surface area contributed by atoms with Crippen LogP contribution in [0.1, 0.15) is 40.0 Å². The van der Waals surface area contributed by atoms with Gasteiger partial charge in [0.1, 0.15) is 0 Å². The molecule has 1 amide bonds. The Morgan fingerprint density at radius 2 is 2.07 bits per heavy atom. The van der Waals surface area contributed by atoms with E-state index in [-0.39, 0.29) is 11.8 Å². The fourth-order valence-corrected chi connectivity index (χ4v) is 2.17. The highest BCUT2D eigenvalue weighted by Gasteiger charge is 2.25. The van der Waals surface area contributed by atoms with E-state index < -0.39 is 0 Å². The van der Waals surface area contributed by atoms with Crippen molar-refractivity contribution in [3.8, 4) is 0 Å². The van der Waals surface area contributed by atoms with Gasteiger partial charge in [-0.1, -0.05) is 20.8 Å². The topological polar surface area (TPSA) is 41.1 Å². The Morgan fingerprint density at radius 3 is 2.60 bits per heavy atom. The highest BCUT2D eigenvalue weighted by atomic mass is 16.2. The minimum atomic E-state index is 0.175. The van der Waals surface area contributed by atoms with Crippen LogP contribution in [0.2, 0.25) is 0 Å². The summed E-state index contributed by atoms with van der Waals surface area (Å²) >= 11 is 0. The second-order valence-corrected chi connectivity index (χ2v) is 4.72. The Hall–Kier alpha value is -0.570. The summed E-state index contributed by atoms with van der Waals surface area (Å²) in [5, 5.41) is 6.44. The minimum absolute atomic E-state index is 0.175. The molecule has 0 bridgehead atoms. The Morgan fingerprint density at radius 1 is 1.40 bits per heavy atom. The van der Waals surface area contributed by atoms with E-state index in [1.54, 1.807) is 0 Å². The van der Waals surface area contributed by atoms with Crippen LogP contribution in [-0.2, 0) is 4.79 Å². The maximum Gasteiger partial charge on any atom is 0.224 e. The summed E-state index contributed by atoms with van der Waals surface area (Å²) < 4.78 is 0. The normalized spacial score (nSPS) is 26.7. The van der Waals surface area contributed by atoms with E-state index in [0.717, 1.165) is 32.4 Å². The van der Waals surface area contributed by atoms with Gasteiger partial charge in [-0.15, -0.1) is 0 Å². The summed E-state index contributed by atoms with van der Waals surface area (Å²) in [5.74, 6) is 1.04. The van der Waals surface area contributed by atoms with Crippen molar-refractivity contribution in [2.75, 3.05) is 13.1 Å². The molecule has 15 heavy (non-hydrogen) atoms. The summed E-state index contributed by atoms with van der Waals surface area (Å²) in [5.41, 5.74) is 0. The summed E-state index contributed by atoms with van der Waals surface area (Å²) in [6.07, 6.45) is 3.08. The molecule has 0 aromatic rings. The van der Waals surface area contributed by atoms with Gasteiger partial charge in [-0.25, -0.2) is 0 Å². The van der Waals surface area contributed by atoms with Gasteiger partial charge in [0.2, 0.25) is 5.91 Å². The molecule has 0 radical (unpaired) electrons. The van der Waals surface area contributed by atoms with E-state index in [1.807, 2.05) is 0 Å². The van der Waals surface area contributed by atoms with Crippen LogP contribution in [0.15, 0.2) is 0 Å². The lowest BCUT2D eigenvalue weighted by molar-refractivity contribution is -0.126. The van der Waals surface area contributed by atoms with Gasteiger partial charge in [0.15, 0.2) is 0 Å². The number of hydrogen-bond acceptors (Lipinski definition) is 2. The van der Waals surface area contributed by atoms with Gasteiger partial charge in [0.25, 0.3) is 0 Å². The van der Waals surface area contributed by atoms with E-state index in [0.29, 0.717) is 12.0 Å². The molecule has 2 N–H and O–H groups in total. The average molecular weight is 212 g/mol. The monoisotopic (exact) mass is 212 g/mol. The van der Waals surface area contributed by atoms with E-state index >= 15 is 0 Å². The molecule has 2 unspecified atom stereocenters. The number of hydrogen-bond donors (Lipinski definition) is 2. The van der Waals surface area contributed by atoms with Crippen LogP contribution in [0.4, 0.5) is 0 Å². The van der Waals surface area contributed by atoms with Gasteiger partial charge in [-0.3, -0.25) is 4.79 Å². The van der Waals surface area contributed by atoms with Gasteiger partial charge in [-0.05, 0) is 31.7 Å². The predicted octanol–water partition coefficient (Wildman–Crippen LogP) is 1.54. The van der Waals surface area contributed by atoms with Gasteiger partial charge in [0, 0.05) is 12.6 Å². The quantitative estimate of drug-likeness (QED) is 0.742. The van der Waals surface area contributed by atoms with Crippen LogP contribution in [0, 0.1) is 11.8 Å². The first-order valence-electron chi connectivity index (χ1n) is 6.18. The molecule has 1 rings (SSSR count). The van der Waals surface area contributed by atoms with Crippen molar-refractivity contribution in [3.63, 3.8) is 0 Å². The van der Waals surface area contributed by atoms with Gasteiger partial charge >= 0.3 is 0 Å². The fraction of sp³-hybridized carbons (Fsp3) is 0.917. The Bertz CT molecular complexity index is 202. The largest absolute Gasteiger partial charge is 0.353 e. The molecule has 0 aliphatic carbocycles. The van der Waals surface area contributed by atoms with Crippen molar-refractivity contribution in [1.82, 2.24) is 10.6 Å². The predicted molar refractivity (Wildman–Crippen MR) is 62.7 cm³/mol. The lowest BCUT2D eigenvalue weighted by Gasteiger charge is -2.28. The molecule has 0 spiro atoms. The molecule has 0 aromatic heterocycles. The van der Waals surface area contributed by atoms with E-state index in [1.165, 1.54) is 0 Å². The second-order valence-electron chi connectivity index (χ2n) is 4.72. The zero-order valence-corrected chi connectivity index (χ0v) is 10.2. The zero-order chi connectivity index (χ0) is 11.3. The van der Waals surface area contributed by atoms with Crippen LogP contribution in [0.3, 0.4) is 0 Å². The van der Waals surface area contributed by atoms with Gasteiger partial charge in [0.05, 0.1) is 5.92 Å². The van der Waals surface area contributed by atoms with Gasteiger partial charge < -0.3 is 10.6 Å². The highest BCUT2D eigenvalue weighted by Crippen LogP contribution is 2.16. The SMILES string of the molecule is CCC(CC)NC(=O)C1CNCC(C)C1. The van der Waals surface area contributed by atoms with Crippen LogP contribution < -0.4 is 10.6 Å². The third kappa shape index (κ3) is 3.82. The van der Waals surface area contributed by atoms with Gasteiger partial charge in [-0.2, -0.15) is 0 Å². The Balaban J connectivity index is 2.38. The van der Waals surface area contributed by atoms with Crippen molar-refractivity contribution in [2.24, 2.45) is 11.8 Å². The molecule has 0 aromatic carbocycles. The smallest absolute Gasteiger partial charge is 0.224 e. The third-order valence-electron chi connectivity index (χ3n) is 3.27. The van der Waals surface area contributed by atoms with Crippen molar-refractivity contribution in [2.45, 2.75) is 46.1 Å². The molecule has 88 valence electrons. The molecule has 0 saturated carbocycles. The molecule has 1 aliphatic heterocycles. The van der Waals surface area contributed by atoms with Crippen LogP contribution in [-0.4, -0.2) is 25.0 Å². The summed E-state index contributed by atoms with van der Waals surface area (Å²) in [6, 6.07) is 0.356. The zero-order valence-electron chi connectivity index (χ0n) is 10.2. The minimum Gasteiger partial charge on any atom is -0.353 e. The third-order valence-corrected chi connectivity index (χ3v) is 3.27. The lowest BCUT2D eigenvalue weighted by Crippen LogP contribution is -2.46. The Labute approximate surface area is 93.0 Å². The van der Waals surface area contributed by atoms with Crippen LogP contribution in [0.5, 0.6) is 0 Å². The number of amides is 1. The number of nitrogens with one attached hydrogen (secondary N) is 2. The maximum atomic E-state index is 11.9. The summed E-state index contributed by atoms with van der Waals surface area (Å²) in [4.78, 5) is 11.9.